The third-order valence-corrected chi connectivity index (χ3v) is 9.22. The molecule has 7 heteroatoms. The number of rotatable bonds is 3. The van der Waals surface area contributed by atoms with Gasteiger partial charge in [-0.3, -0.25) is 0 Å². The Bertz CT molecular complexity index is 601. The molecular formula is C14H20BrNO3S2. The minimum atomic E-state index is -3.47. The zero-order chi connectivity index (χ0) is 15.0. The molecule has 1 saturated heterocycles. The van der Waals surface area contributed by atoms with E-state index in [-0.39, 0.29) is 18.1 Å². The lowest BCUT2D eigenvalue weighted by molar-refractivity contribution is 0.0724. The van der Waals surface area contributed by atoms with Crippen LogP contribution in [0.1, 0.15) is 38.5 Å². The van der Waals surface area contributed by atoms with Gasteiger partial charge in [0.05, 0.1) is 6.10 Å². The summed E-state index contributed by atoms with van der Waals surface area (Å²) in [5.74, 6) is 0.0961. The summed E-state index contributed by atoms with van der Waals surface area (Å²) in [6.07, 6.45) is 5.20. The van der Waals surface area contributed by atoms with Crippen LogP contribution in [-0.4, -0.2) is 36.5 Å². The number of thiophene rings is 1. The molecule has 118 valence electrons. The van der Waals surface area contributed by atoms with Crippen molar-refractivity contribution in [1.29, 1.82) is 0 Å². The first kappa shape index (κ1) is 15.9. The standard InChI is InChI=1S/C14H20BrNO3S2/c15-11-7-9-20-14(11)21(18,19)16-8-2-1-5-12(16)10-4-3-6-13(10)17/h7,9-10,12-13,17H,1-6,8H2. The Morgan fingerprint density at radius 3 is 2.67 bits per heavy atom. The monoisotopic (exact) mass is 393 g/mol. The Balaban J connectivity index is 1.92. The summed E-state index contributed by atoms with van der Waals surface area (Å²) in [5.41, 5.74) is 0. The average Bonchev–Trinajstić information content (AvgIpc) is 3.07. The minimum Gasteiger partial charge on any atom is -0.393 e. The third-order valence-electron chi connectivity index (χ3n) is 4.65. The summed E-state index contributed by atoms with van der Waals surface area (Å²) in [6.45, 7) is 0.570. The molecule has 1 aliphatic carbocycles. The molecule has 21 heavy (non-hydrogen) atoms. The number of aliphatic hydroxyl groups is 1. The fraction of sp³-hybridized carbons (Fsp3) is 0.714. The van der Waals surface area contributed by atoms with Crippen LogP contribution in [0.4, 0.5) is 0 Å². The number of hydrogen-bond acceptors (Lipinski definition) is 4. The predicted octanol–water partition coefficient (Wildman–Crippen LogP) is 3.21. The topological polar surface area (TPSA) is 57.6 Å². The molecule has 1 aliphatic heterocycles. The molecule has 0 spiro atoms. The molecule has 1 aromatic rings. The second-order valence-corrected chi connectivity index (χ2v) is 9.75. The van der Waals surface area contributed by atoms with Crippen LogP contribution < -0.4 is 0 Å². The largest absolute Gasteiger partial charge is 0.393 e. The Kier molecular flexibility index (Phi) is 4.76. The van der Waals surface area contributed by atoms with Gasteiger partial charge in [-0.1, -0.05) is 12.8 Å². The summed E-state index contributed by atoms with van der Waals surface area (Å²) >= 11 is 4.60. The smallest absolute Gasteiger partial charge is 0.253 e. The van der Waals surface area contributed by atoms with Crippen molar-refractivity contribution in [3.05, 3.63) is 15.9 Å². The van der Waals surface area contributed by atoms with Crippen LogP contribution >= 0.6 is 27.3 Å². The summed E-state index contributed by atoms with van der Waals surface area (Å²) < 4.78 is 28.6. The van der Waals surface area contributed by atoms with Crippen LogP contribution in [0, 0.1) is 5.92 Å². The number of nitrogens with zero attached hydrogens (tertiary/aromatic N) is 1. The van der Waals surface area contributed by atoms with Crippen molar-refractivity contribution in [2.45, 2.75) is 54.9 Å². The van der Waals surface area contributed by atoms with Gasteiger partial charge >= 0.3 is 0 Å². The number of aliphatic hydroxyl groups excluding tert-OH is 1. The van der Waals surface area contributed by atoms with E-state index in [1.54, 1.807) is 15.8 Å². The lowest BCUT2D eigenvalue weighted by Crippen LogP contribution is -2.49. The summed E-state index contributed by atoms with van der Waals surface area (Å²) in [7, 11) is -3.47. The number of piperidine rings is 1. The van der Waals surface area contributed by atoms with Crippen LogP contribution in [0.25, 0.3) is 0 Å². The molecule has 3 rings (SSSR count). The van der Waals surface area contributed by atoms with Gasteiger partial charge in [0.25, 0.3) is 10.0 Å². The van der Waals surface area contributed by atoms with Crippen LogP contribution in [0.15, 0.2) is 20.1 Å². The number of halogens is 1. The molecule has 1 aromatic heterocycles. The van der Waals surface area contributed by atoms with E-state index in [1.165, 1.54) is 11.3 Å². The van der Waals surface area contributed by atoms with Gasteiger partial charge in [-0.25, -0.2) is 8.42 Å². The second-order valence-electron chi connectivity index (χ2n) is 5.90. The second kappa shape index (κ2) is 6.28. The molecule has 2 aliphatic rings. The van der Waals surface area contributed by atoms with Crippen LogP contribution in [0.3, 0.4) is 0 Å². The van der Waals surface area contributed by atoms with E-state index < -0.39 is 10.0 Å². The first-order chi connectivity index (χ1) is 10.0. The Morgan fingerprint density at radius 2 is 2.05 bits per heavy atom. The highest BCUT2D eigenvalue weighted by Crippen LogP contribution is 2.39. The summed E-state index contributed by atoms with van der Waals surface area (Å²) in [5, 5.41) is 12.0. The van der Waals surface area contributed by atoms with E-state index in [9.17, 15) is 13.5 Å². The molecule has 2 heterocycles. The molecule has 0 radical (unpaired) electrons. The highest BCUT2D eigenvalue weighted by Gasteiger charge is 2.42. The SMILES string of the molecule is O=S(=O)(c1sccc1Br)N1CCCCC1C1CCCC1O. The molecule has 3 atom stereocenters. The minimum absolute atomic E-state index is 0.0461. The predicted molar refractivity (Wildman–Crippen MR) is 86.9 cm³/mol. The van der Waals surface area contributed by atoms with E-state index in [4.69, 9.17) is 0 Å². The van der Waals surface area contributed by atoms with Crippen molar-refractivity contribution in [3.8, 4) is 0 Å². The molecule has 4 nitrogen and oxygen atoms in total. The fourth-order valence-electron chi connectivity index (χ4n) is 3.65. The third kappa shape index (κ3) is 2.95. The molecule has 0 bridgehead atoms. The highest BCUT2D eigenvalue weighted by atomic mass is 79.9. The van der Waals surface area contributed by atoms with Crippen molar-refractivity contribution in [2.75, 3.05) is 6.54 Å². The van der Waals surface area contributed by atoms with E-state index in [1.807, 2.05) is 0 Å². The molecular weight excluding hydrogens is 374 g/mol. The Labute approximate surface area is 138 Å². The quantitative estimate of drug-likeness (QED) is 0.857. The Morgan fingerprint density at radius 1 is 1.24 bits per heavy atom. The molecule has 0 aromatic carbocycles. The number of sulfonamides is 1. The maximum Gasteiger partial charge on any atom is 0.253 e. The van der Waals surface area contributed by atoms with Gasteiger partial charge in [0, 0.05) is 23.0 Å². The lowest BCUT2D eigenvalue weighted by Gasteiger charge is -2.39. The average molecular weight is 394 g/mol. The molecule has 0 amide bonds. The van der Waals surface area contributed by atoms with Crippen molar-refractivity contribution in [1.82, 2.24) is 4.31 Å². The Hall–Kier alpha value is 0.0500. The molecule has 1 N–H and O–H groups in total. The van der Waals surface area contributed by atoms with E-state index in [2.05, 4.69) is 15.9 Å². The summed E-state index contributed by atoms with van der Waals surface area (Å²) in [4.78, 5) is 0. The van der Waals surface area contributed by atoms with Gasteiger partial charge < -0.3 is 5.11 Å². The molecule has 3 unspecified atom stereocenters. The molecule has 1 saturated carbocycles. The first-order valence-corrected chi connectivity index (χ1v) is 10.6. The molecule has 2 fully saturated rings. The van der Waals surface area contributed by atoms with E-state index >= 15 is 0 Å². The van der Waals surface area contributed by atoms with Crippen molar-refractivity contribution < 1.29 is 13.5 Å². The van der Waals surface area contributed by atoms with Gasteiger partial charge in [-0.15, -0.1) is 11.3 Å². The van der Waals surface area contributed by atoms with E-state index in [0.717, 1.165) is 38.5 Å². The van der Waals surface area contributed by atoms with Crippen molar-refractivity contribution >= 4 is 37.3 Å². The van der Waals surface area contributed by atoms with Crippen molar-refractivity contribution in [3.63, 3.8) is 0 Å². The van der Waals surface area contributed by atoms with Crippen molar-refractivity contribution in [2.24, 2.45) is 5.92 Å². The van der Waals surface area contributed by atoms with Gasteiger partial charge in [0.15, 0.2) is 0 Å². The van der Waals surface area contributed by atoms with Crippen LogP contribution in [0.5, 0.6) is 0 Å². The number of hydrogen-bond donors (Lipinski definition) is 1. The van der Waals surface area contributed by atoms with E-state index in [0.29, 0.717) is 15.2 Å². The lowest BCUT2D eigenvalue weighted by atomic mass is 9.89. The normalized spacial score (nSPS) is 31.6. The fourth-order valence-corrected chi connectivity index (χ4v) is 7.81. The van der Waals surface area contributed by atoms with Crippen LogP contribution in [-0.2, 0) is 10.0 Å². The van der Waals surface area contributed by atoms with Crippen LogP contribution in [0.2, 0.25) is 0 Å². The highest BCUT2D eigenvalue weighted by molar-refractivity contribution is 9.10. The maximum absolute atomic E-state index is 13.0. The zero-order valence-corrected chi connectivity index (χ0v) is 15.0. The van der Waals surface area contributed by atoms with Gasteiger partial charge in [-0.2, -0.15) is 4.31 Å². The summed E-state index contributed by atoms with van der Waals surface area (Å²) in [6, 6.07) is 1.73. The first-order valence-electron chi connectivity index (χ1n) is 7.44. The zero-order valence-electron chi connectivity index (χ0n) is 11.7. The maximum atomic E-state index is 13.0. The van der Waals surface area contributed by atoms with Gasteiger partial charge in [0.1, 0.15) is 4.21 Å². The van der Waals surface area contributed by atoms with Gasteiger partial charge in [0.2, 0.25) is 0 Å². The van der Waals surface area contributed by atoms with Gasteiger partial charge in [-0.05, 0) is 53.1 Å².